The summed E-state index contributed by atoms with van der Waals surface area (Å²) >= 11 is 0. The van der Waals surface area contributed by atoms with Crippen molar-refractivity contribution in [3.05, 3.63) is 0 Å². The van der Waals surface area contributed by atoms with Crippen LogP contribution < -0.4 is 0 Å². The van der Waals surface area contributed by atoms with Gasteiger partial charge in [-0.1, -0.05) is 6.42 Å². The van der Waals surface area contributed by atoms with Crippen LogP contribution in [0, 0.1) is 5.92 Å². The minimum absolute atomic E-state index is 0.113. The van der Waals surface area contributed by atoms with Gasteiger partial charge in [-0.15, -0.1) is 0 Å². The number of ether oxygens (including phenoxy) is 1. The van der Waals surface area contributed by atoms with Gasteiger partial charge in [0.15, 0.2) is 0 Å². The Morgan fingerprint density at radius 2 is 2.18 bits per heavy atom. The molecule has 11 heavy (non-hydrogen) atoms. The standard InChI is InChI=1S/C9H16O2/c10-7-9(5-2-6-11-9)8-3-1-4-8/h8,10H,1-7H2. The molecule has 0 radical (unpaired) electrons. The molecule has 2 fully saturated rings. The lowest BCUT2D eigenvalue weighted by Gasteiger charge is -2.40. The molecule has 1 atom stereocenters. The van der Waals surface area contributed by atoms with Crippen molar-refractivity contribution in [2.24, 2.45) is 5.92 Å². The molecule has 1 saturated heterocycles. The third kappa shape index (κ3) is 1.09. The van der Waals surface area contributed by atoms with E-state index in [1.807, 2.05) is 0 Å². The average Bonchev–Trinajstić information content (AvgIpc) is 2.34. The fraction of sp³-hybridized carbons (Fsp3) is 1.00. The van der Waals surface area contributed by atoms with Gasteiger partial charge in [-0.25, -0.2) is 0 Å². The van der Waals surface area contributed by atoms with Crippen molar-refractivity contribution in [1.82, 2.24) is 0 Å². The molecular formula is C9H16O2. The summed E-state index contributed by atoms with van der Waals surface area (Å²) in [4.78, 5) is 0. The van der Waals surface area contributed by atoms with Gasteiger partial charge in [0, 0.05) is 6.61 Å². The van der Waals surface area contributed by atoms with Crippen LogP contribution in [0.3, 0.4) is 0 Å². The summed E-state index contributed by atoms with van der Waals surface area (Å²) in [6.45, 7) is 1.09. The Kier molecular flexibility index (Phi) is 1.90. The Balaban J connectivity index is 2.02. The van der Waals surface area contributed by atoms with Crippen molar-refractivity contribution in [1.29, 1.82) is 0 Å². The number of aliphatic hydroxyl groups excluding tert-OH is 1. The van der Waals surface area contributed by atoms with E-state index in [1.54, 1.807) is 0 Å². The van der Waals surface area contributed by atoms with E-state index in [4.69, 9.17) is 4.74 Å². The Labute approximate surface area is 67.6 Å². The summed E-state index contributed by atoms with van der Waals surface area (Å²) in [5.74, 6) is 0.662. The zero-order valence-electron chi connectivity index (χ0n) is 6.88. The van der Waals surface area contributed by atoms with Crippen molar-refractivity contribution in [3.63, 3.8) is 0 Å². The molecule has 2 nitrogen and oxygen atoms in total. The first-order valence-electron chi connectivity index (χ1n) is 4.62. The summed E-state index contributed by atoms with van der Waals surface area (Å²) in [6, 6.07) is 0. The van der Waals surface area contributed by atoms with Crippen molar-refractivity contribution >= 4 is 0 Å². The van der Waals surface area contributed by atoms with E-state index in [9.17, 15) is 5.11 Å². The molecule has 0 amide bonds. The normalized spacial score (nSPS) is 39.0. The smallest absolute Gasteiger partial charge is 0.0940 e. The molecule has 0 spiro atoms. The number of hydrogen-bond donors (Lipinski definition) is 1. The molecule has 1 heterocycles. The van der Waals surface area contributed by atoms with Crippen LogP contribution in [-0.2, 0) is 4.74 Å². The first-order valence-corrected chi connectivity index (χ1v) is 4.62. The SMILES string of the molecule is OCC1(C2CCC2)CCCO1. The zero-order valence-corrected chi connectivity index (χ0v) is 6.88. The van der Waals surface area contributed by atoms with Crippen LogP contribution >= 0.6 is 0 Å². The Hall–Kier alpha value is -0.0800. The second-order valence-electron chi connectivity index (χ2n) is 3.80. The molecule has 2 rings (SSSR count). The highest BCUT2D eigenvalue weighted by atomic mass is 16.5. The van der Waals surface area contributed by atoms with Crippen molar-refractivity contribution in [2.75, 3.05) is 13.2 Å². The van der Waals surface area contributed by atoms with Gasteiger partial charge < -0.3 is 9.84 Å². The second kappa shape index (κ2) is 2.76. The van der Waals surface area contributed by atoms with Crippen molar-refractivity contribution in [2.45, 2.75) is 37.7 Å². The van der Waals surface area contributed by atoms with E-state index in [1.165, 1.54) is 19.3 Å². The molecule has 0 aromatic carbocycles. The number of rotatable bonds is 2. The van der Waals surface area contributed by atoms with E-state index in [-0.39, 0.29) is 12.2 Å². The van der Waals surface area contributed by atoms with E-state index >= 15 is 0 Å². The predicted octanol–water partition coefficient (Wildman–Crippen LogP) is 1.33. The Morgan fingerprint density at radius 1 is 1.36 bits per heavy atom. The lowest BCUT2D eigenvalue weighted by Crippen LogP contribution is -2.44. The summed E-state index contributed by atoms with van der Waals surface area (Å²) in [6.07, 6.45) is 6.07. The van der Waals surface area contributed by atoms with Crippen molar-refractivity contribution in [3.8, 4) is 0 Å². The topological polar surface area (TPSA) is 29.5 Å². The lowest BCUT2D eigenvalue weighted by atomic mass is 9.72. The van der Waals surface area contributed by atoms with E-state index in [0.717, 1.165) is 19.4 Å². The highest BCUT2D eigenvalue weighted by Crippen LogP contribution is 2.43. The van der Waals surface area contributed by atoms with Crippen LogP contribution in [0.1, 0.15) is 32.1 Å². The third-order valence-corrected chi connectivity index (χ3v) is 3.25. The van der Waals surface area contributed by atoms with Gasteiger partial charge in [0.1, 0.15) is 0 Å². The molecule has 0 aromatic rings. The molecule has 1 saturated carbocycles. The highest BCUT2D eigenvalue weighted by Gasteiger charge is 2.44. The van der Waals surface area contributed by atoms with Gasteiger partial charge in [0.25, 0.3) is 0 Å². The van der Waals surface area contributed by atoms with Gasteiger partial charge >= 0.3 is 0 Å². The quantitative estimate of drug-likeness (QED) is 0.653. The van der Waals surface area contributed by atoms with Crippen LogP contribution in [0.2, 0.25) is 0 Å². The average molecular weight is 156 g/mol. The first kappa shape index (κ1) is 7.56. The Morgan fingerprint density at radius 3 is 2.55 bits per heavy atom. The molecule has 1 unspecified atom stereocenters. The van der Waals surface area contributed by atoms with Gasteiger partial charge in [-0.3, -0.25) is 0 Å². The van der Waals surface area contributed by atoms with Crippen molar-refractivity contribution < 1.29 is 9.84 Å². The van der Waals surface area contributed by atoms with Gasteiger partial charge in [0.05, 0.1) is 12.2 Å². The van der Waals surface area contributed by atoms with Crippen LogP contribution in [0.25, 0.3) is 0 Å². The minimum atomic E-state index is -0.113. The summed E-state index contributed by atoms with van der Waals surface area (Å²) in [5.41, 5.74) is -0.113. The lowest BCUT2D eigenvalue weighted by molar-refractivity contribution is -0.101. The molecule has 0 aromatic heterocycles. The first-order chi connectivity index (χ1) is 5.37. The molecular weight excluding hydrogens is 140 g/mol. The second-order valence-corrected chi connectivity index (χ2v) is 3.80. The zero-order chi connectivity index (χ0) is 7.73. The largest absolute Gasteiger partial charge is 0.393 e. The fourth-order valence-electron chi connectivity index (χ4n) is 2.23. The third-order valence-electron chi connectivity index (χ3n) is 3.25. The molecule has 1 N–H and O–H groups in total. The maximum Gasteiger partial charge on any atom is 0.0940 e. The summed E-state index contributed by atoms with van der Waals surface area (Å²) < 4.78 is 5.64. The molecule has 2 aliphatic rings. The van der Waals surface area contributed by atoms with E-state index in [0.29, 0.717) is 5.92 Å². The predicted molar refractivity (Wildman–Crippen MR) is 42.3 cm³/mol. The highest BCUT2D eigenvalue weighted by molar-refractivity contribution is 4.94. The van der Waals surface area contributed by atoms with E-state index in [2.05, 4.69) is 0 Å². The summed E-state index contributed by atoms with van der Waals surface area (Å²) in [7, 11) is 0. The molecule has 1 aliphatic carbocycles. The van der Waals surface area contributed by atoms with Gasteiger partial charge in [-0.2, -0.15) is 0 Å². The van der Waals surface area contributed by atoms with E-state index < -0.39 is 0 Å². The van der Waals surface area contributed by atoms with Crippen LogP contribution in [0.5, 0.6) is 0 Å². The molecule has 0 bridgehead atoms. The van der Waals surface area contributed by atoms with Gasteiger partial charge in [-0.05, 0) is 31.6 Å². The maximum absolute atomic E-state index is 9.23. The fourth-order valence-corrected chi connectivity index (χ4v) is 2.23. The number of aliphatic hydroxyl groups is 1. The van der Waals surface area contributed by atoms with Crippen LogP contribution in [0.15, 0.2) is 0 Å². The van der Waals surface area contributed by atoms with Crippen LogP contribution in [-0.4, -0.2) is 23.9 Å². The van der Waals surface area contributed by atoms with Gasteiger partial charge in [0.2, 0.25) is 0 Å². The number of hydrogen-bond acceptors (Lipinski definition) is 2. The monoisotopic (exact) mass is 156 g/mol. The molecule has 1 aliphatic heterocycles. The summed E-state index contributed by atoms with van der Waals surface area (Å²) in [5, 5.41) is 9.23. The minimum Gasteiger partial charge on any atom is -0.393 e. The Bertz CT molecular complexity index is 134. The maximum atomic E-state index is 9.23. The molecule has 2 heteroatoms. The van der Waals surface area contributed by atoms with Crippen LogP contribution in [0.4, 0.5) is 0 Å². The molecule has 64 valence electrons.